The van der Waals surface area contributed by atoms with Gasteiger partial charge in [-0.15, -0.1) is 0 Å². The van der Waals surface area contributed by atoms with Crippen molar-refractivity contribution in [3.05, 3.63) is 58.7 Å². The summed E-state index contributed by atoms with van der Waals surface area (Å²) in [5.41, 5.74) is 2.85. The normalized spacial score (nSPS) is 15.3. The molecule has 26 heavy (non-hydrogen) atoms. The molecule has 0 saturated heterocycles. The van der Waals surface area contributed by atoms with Gasteiger partial charge in [-0.1, -0.05) is 12.1 Å². The topological polar surface area (TPSA) is 83.6 Å². The number of carbonyl (C=O) groups excluding carboxylic acids is 2. The van der Waals surface area contributed by atoms with Crippen LogP contribution in [0.3, 0.4) is 0 Å². The van der Waals surface area contributed by atoms with Crippen molar-refractivity contribution in [1.29, 1.82) is 0 Å². The van der Waals surface area contributed by atoms with Gasteiger partial charge in [0.1, 0.15) is 4.90 Å². The van der Waals surface area contributed by atoms with Crippen molar-refractivity contribution in [3.63, 3.8) is 0 Å². The van der Waals surface area contributed by atoms with Crippen LogP contribution in [0.25, 0.3) is 0 Å². The standard InChI is InChI=1S/C19H20N2O4S/c1-11(2)21-19(23)15-8-7-14(10-17(15)26(21,24)25)18(22)20-16-9-12(3)5-6-13(16)4/h5-11H,1-4H3,(H,20,22). The predicted molar refractivity (Wildman–Crippen MR) is 98.8 cm³/mol. The minimum absolute atomic E-state index is 0.0991. The Hall–Kier alpha value is -2.67. The Morgan fingerprint density at radius 1 is 1.08 bits per heavy atom. The summed E-state index contributed by atoms with van der Waals surface area (Å²) in [6, 6.07) is 9.34. The Labute approximate surface area is 152 Å². The first kappa shape index (κ1) is 18.1. The first-order valence-electron chi connectivity index (χ1n) is 8.24. The Morgan fingerprint density at radius 3 is 2.42 bits per heavy atom. The minimum atomic E-state index is -3.93. The Bertz CT molecular complexity index is 1030. The molecule has 1 N–H and O–H groups in total. The number of hydrogen-bond donors (Lipinski definition) is 1. The van der Waals surface area contributed by atoms with E-state index in [0.717, 1.165) is 15.4 Å². The molecule has 1 heterocycles. The van der Waals surface area contributed by atoms with Crippen LogP contribution in [0.5, 0.6) is 0 Å². The van der Waals surface area contributed by atoms with Crippen molar-refractivity contribution in [2.45, 2.75) is 38.6 Å². The van der Waals surface area contributed by atoms with E-state index in [1.54, 1.807) is 13.8 Å². The lowest BCUT2D eigenvalue weighted by atomic mass is 10.1. The van der Waals surface area contributed by atoms with Gasteiger partial charge in [-0.2, -0.15) is 0 Å². The molecule has 6 nitrogen and oxygen atoms in total. The minimum Gasteiger partial charge on any atom is -0.322 e. The van der Waals surface area contributed by atoms with E-state index >= 15 is 0 Å². The molecule has 2 aromatic rings. The first-order chi connectivity index (χ1) is 12.1. The number of benzene rings is 2. The zero-order valence-corrected chi connectivity index (χ0v) is 15.8. The molecule has 0 unspecified atom stereocenters. The molecule has 0 fully saturated rings. The number of rotatable bonds is 3. The number of amides is 2. The second-order valence-corrected chi connectivity index (χ2v) is 8.47. The third-order valence-electron chi connectivity index (χ3n) is 4.32. The Balaban J connectivity index is 1.98. The molecule has 7 heteroatoms. The number of carbonyl (C=O) groups is 2. The maximum Gasteiger partial charge on any atom is 0.269 e. The molecule has 2 aromatic carbocycles. The van der Waals surface area contributed by atoms with E-state index < -0.39 is 27.9 Å². The zero-order valence-electron chi connectivity index (χ0n) is 15.0. The molecule has 136 valence electrons. The van der Waals surface area contributed by atoms with Gasteiger partial charge in [-0.05, 0) is 63.1 Å². The fourth-order valence-corrected chi connectivity index (χ4v) is 4.76. The number of nitrogens with zero attached hydrogens (tertiary/aromatic N) is 1. The van der Waals surface area contributed by atoms with Gasteiger partial charge < -0.3 is 5.32 Å². The van der Waals surface area contributed by atoms with E-state index in [1.807, 2.05) is 32.0 Å². The van der Waals surface area contributed by atoms with Crippen LogP contribution in [0.4, 0.5) is 5.69 Å². The van der Waals surface area contributed by atoms with Crippen LogP contribution < -0.4 is 5.32 Å². The van der Waals surface area contributed by atoms with Gasteiger partial charge in [-0.3, -0.25) is 9.59 Å². The van der Waals surface area contributed by atoms with Crippen molar-refractivity contribution < 1.29 is 18.0 Å². The second-order valence-electron chi connectivity index (χ2n) is 6.68. The lowest BCUT2D eigenvalue weighted by molar-refractivity contribution is 0.0846. The van der Waals surface area contributed by atoms with Crippen LogP contribution in [0.15, 0.2) is 41.3 Å². The number of anilines is 1. The fourth-order valence-electron chi connectivity index (χ4n) is 2.96. The van der Waals surface area contributed by atoms with E-state index in [0.29, 0.717) is 5.69 Å². The molecule has 0 bridgehead atoms. The highest BCUT2D eigenvalue weighted by Crippen LogP contribution is 2.32. The average Bonchev–Trinajstić information content (AvgIpc) is 2.76. The van der Waals surface area contributed by atoms with Gasteiger partial charge in [0.15, 0.2) is 0 Å². The van der Waals surface area contributed by atoms with Crippen LogP contribution >= 0.6 is 0 Å². The smallest absolute Gasteiger partial charge is 0.269 e. The lowest BCUT2D eigenvalue weighted by Crippen LogP contribution is -2.36. The second kappa shape index (κ2) is 6.25. The van der Waals surface area contributed by atoms with Gasteiger partial charge in [0.05, 0.1) is 5.56 Å². The number of fused-ring (bicyclic) bond motifs is 1. The summed E-state index contributed by atoms with van der Waals surface area (Å²) < 4.78 is 26.1. The number of nitrogens with one attached hydrogen (secondary N) is 1. The SMILES string of the molecule is Cc1ccc(C)c(NC(=O)c2ccc3c(c2)S(=O)(=O)N(C(C)C)C3=O)c1. The van der Waals surface area contributed by atoms with Gasteiger partial charge in [-0.25, -0.2) is 12.7 Å². The quantitative estimate of drug-likeness (QED) is 0.897. The number of hydrogen-bond acceptors (Lipinski definition) is 4. The molecule has 0 spiro atoms. The third-order valence-corrected chi connectivity index (χ3v) is 6.32. The Morgan fingerprint density at radius 2 is 1.77 bits per heavy atom. The molecule has 0 radical (unpaired) electrons. The summed E-state index contributed by atoms with van der Waals surface area (Å²) in [5.74, 6) is -0.983. The summed E-state index contributed by atoms with van der Waals surface area (Å²) >= 11 is 0. The van der Waals surface area contributed by atoms with Gasteiger partial charge >= 0.3 is 0 Å². The molecule has 1 aliphatic rings. The average molecular weight is 372 g/mol. The largest absolute Gasteiger partial charge is 0.322 e. The Kier molecular flexibility index (Phi) is 4.36. The van der Waals surface area contributed by atoms with Crippen molar-refractivity contribution in [2.75, 3.05) is 5.32 Å². The molecule has 0 atom stereocenters. The van der Waals surface area contributed by atoms with E-state index in [4.69, 9.17) is 0 Å². The van der Waals surface area contributed by atoms with Crippen LogP contribution in [0, 0.1) is 13.8 Å². The molecular formula is C19H20N2O4S. The van der Waals surface area contributed by atoms with Crippen molar-refractivity contribution in [2.24, 2.45) is 0 Å². The number of aryl methyl sites for hydroxylation is 2. The highest BCUT2D eigenvalue weighted by atomic mass is 32.2. The third kappa shape index (κ3) is 2.88. The van der Waals surface area contributed by atoms with E-state index in [-0.39, 0.29) is 16.0 Å². The van der Waals surface area contributed by atoms with Crippen LogP contribution in [-0.2, 0) is 10.0 Å². The van der Waals surface area contributed by atoms with Crippen molar-refractivity contribution in [3.8, 4) is 0 Å². The maximum absolute atomic E-state index is 12.6. The summed E-state index contributed by atoms with van der Waals surface area (Å²) in [5, 5.41) is 2.80. The highest BCUT2D eigenvalue weighted by molar-refractivity contribution is 7.90. The summed E-state index contributed by atoms with van der Waals surface area (Å²) in [7, 11) is -3.93. The monoisotopic (exact) mass is 372 g/mol. The molecule has 3 rings (SSSR count). The molecular weight excluding hydrogens is 352 g/mol. The molecule has 2 amide bonds. The molecule has 0 saturated carbocycles. The van der Waals surface area contributed by atoms with Crippen LogP contribution in [0.2, 0.25) is 0 Å². The first-order valence-corrected chi connectivity index (χ1v) is 9.68. The van der Waals surface area contributed by atoms with Gasteiger partial charge in [0.25, 0.3) is 21.8 Å². The van der Waals surface area contributed by atoms with Crippen molar-refractivity contribution >= 4 is 27.5 Å². The lowest BCUT2D eigenvalue weighted by Gasteiger charge is -2.18. The maximum atomic E-state index is 12.6. The zero-order chi connectivity index (χ0) is 19.2. The summed E-state index contributed by atoms with van der Waals surface area (Å²) in [6.07, 6.45) is 0. The van der Waals surface area contributed by atoms with Gasteiger partial charge in [0, 0.05) is 17.3 Å². The summed E-state index contributed by atoms with van der Waals surface area (Å²) in [6.45, 7) is 7.06. The van der Waals surface area contributed by atoms with Crippen molar-refractivity contribution in [1.82, 2.24) is 4.31 Å². The van der Waals surface area contributed by atoms with Gasteiger partial charge in [0.2, 0.25) is 0 Å². The van der Waals surface area contributed by atoms with E-state index in [2.05, 4.69) is 5.32 Å². The fraction of sp³-hybridized carbons (Fsp3) is 0.263. The summed E-state index contributed by atoms with van der Waals surface area (Å²) in [4.78, 5) is 24.8. The molecule has 0 aromatic heterocycles. The van der Waals surface area contributed by atoms with E-state index in [9.17, 15) is 18.0 Å². The van der Waals surface area contributed by atoms with Crippen LogP contribution in [0.1, 0.15) is 45.7 Å². The van der Waals surface area contributed by atoms with Crippen LogP contribution in [-0.4, -0.2) is 30.6 Å². The molecule has 0 aliphatic carbocycles. The predicted octanol–water partition coefficient (Wildman–Crippen LogP) is 3.11. The highest BCUT2D eigenvalue weighted by Gasteiger charge is 2.42. The number of sulfonamides is 1. The van der Waals surface area contributed by atoms with E-state index in [1.165, 1.54) is 18.2 Å². The molecule has 1 aliphatic heterocycles.